The molecular weight excluding hydrogens is 1810 g/mol. The van der Waals surface area contributed by atoms with Crippen molar-refractivity contribution in [1.82, 2.24) is 61.2 Å². The van der Waals surface area contributed by atoms with E-state index in [9.17, 15) is 81.4 Å². The molecule has 0 atom stereocenters. The molecule has 0 unspecified atom stereocenters. The first-order valence-electron chi connectivity index (χ1n) is 44.5. The second-order valence-corrected chi connectivity index (χ2v) is 33.8. The Morgan fingerprint density at radius 2 is 0.662 bits per heavy atom. The van der Waals surface area contributed by atoms with Crippen LogP contribution in [0.4, 0.5) is 27.6 Å². The van der Waals surface area contributed by atoms with Crippen molar-refractivity contribution < 1.29 is 86.1 Å². The number of nitrogens with zero attached hydrogens (tertiary/aromatic N) is 14. The second-order valence-electron chi connectivity index (χ2n) is 33.4. The number of halogens is 6. The zero-order valence-corrected chi connectivity index (χ0v) is 77.4. The zero-order chi connectivity index (χ0) is 98.8. The minimum absolute atomic E-state index is 0.138. The first kappa shape index (κ1) is 98.8. The number of piperazine rings is 1. The van der Waals surface area contributed by atoms with Crippen LogP contribution in [0.2, 0.25) is 5.02 Å². The van der Waals surface area contributed by atoms with Gasteiger partial charge in [0, 0.05) is 111 Å². The van der Waals surface area contributed by atoms with Gasteiger partial charge in [0.2, 0.25) is 0 Å². The van der Waals surface area contributed by atoms with E-state index in [1.54, 1.807) is 173 Å². The van der Waals surface area contributed by atoms with Gasteiger partial charge in [0.05, 0.1) is 7.11 Å². The number of fused-ring (bicyclic) bond motifs is 6. The van der Waals surface area contributed by atoms with Crippen molar-refractivity contribution in [2.75, 3.05) is 45.2 Å². The minimum atomic E-state index is -1.05. The Balaban J connectivity index is 0.000000133. The van der Waals surface area contributed by atoms with Crippen LogP contribution >= 0.6 is 11.6 Å². The Kier molecular flexibility index (Phi) is 31.9. The maximum atomic E-state index is 13.7. The lowest BCUT2D eigenvalue weighted by molar-refractivity contribution is 0.0676. The van der Waals surface area contributed by atoms with Crippen LogP contribution < -0.4 is 9.64 Å². The van der Waals surface area contributed by atoms with Gasteiger partial charge < -0.3 is 45.2 Å². The van der Waals surface area contributed by atoms with E-state index in [2.05, 4.69) is 71.0 Å². The summed E-state index contributed by atoms with van der Waals surface area (Å²) in [4.78, 5) is 99.0. The number of para-hydroxylation sites is 1. The van der Waals surface area contributed by atoms with Crippen LogP contribution in [0.25, 0.3) is 33.9 Å². The quantitative estimate of drug-likeness (QED) is 0.0274. The number of aromatic carboxylic acids is 6. The van der Waals surface area contributed by atoms with E-state index in [0.717, 1.165) is 95.3 Å². The highest BCUT2D eigenvalue weighted by Crippen LogP contribution is 2.30. The van der Waals surface area contributed by atoms with E-state index >= 15 is 0 Å². The number of carboxylic acids is 6. The summed E-state index contributed by atoms with van der Waals surface area (Å²) in [6, 6.07) is 53.0. The maximum Gasteiger partial charge on any atom is 0.353 e. The Bertz CT molecular complexity index is 7540. The van der Waals surface area contributed by atoms with Gasteiger partial charge in [-0.1, -0.05) is 103 Å². The molecule has 712 valence electrons. The van der Waals surface area contributed by atoms with Gasteiger partial charge in [0.25, 0.3) is 0 Å². The molecule has 0 bridgehead atoms. The van der Waals surface area contributed by atoms with Crippen molar-refractivity contribution in [3.8, 4) is 5.75 Å². The highest BCUT2D eigenvalue weighted by Gasteiger charge is 2.25. The van der Waals surface area contributed by atoms with Gasteiger partial charge in [0.15, 0.2) is 11.6 Å². The van der Waals surface area contributed by atoms with Crippen LogP contribution in [0.5, 0.6) is 5.75 Å². The Morgan fingerprint density at radius 3 is 1.04 bits per heavy atom. The summed E-state index contributed by atoms with van der Waals surface area (Å²) in [7, 11) is 3.81. The number of carbonyl (C=O) groups is 6. The third-order valence-electron chi connectivity index (χ3n) is 24.1. The molecule has 1 aliphatic heterocycles. The van der Waals surface area contributed by atoms with Gasteiger partial charge in [-0.05, 0) is 292 Å². The number of pyridine rings is 6. The molecule has 0 amide bonds. The summed E-state index contributed by atoms with van der Waals surface area (Å²) in [6.07, 6.45) is 26.1. The van der Waals surface area contributed by atoms with Gasteiger partial charge in [-0.2, -0.15) is 0 Å². The fourth-order valence-electron chi connectivity index (χ4n) is 17.1. The summed E-state index contributed by atoms with van der Waals surface area (Å²) in [5, 5.41) is 57.5. The van der Waals surface area contributed by atoms with E-state index in [1.165, 1.54) is 63.5 Å². The molecule has 18 aromatic rings. The van der Waals surface area contributed by atoms with E-state index in [4.69, 9.17) is 16.3 Å². The van der Waals surface area contributed by atoms with Crippen LogP contribution in [0, 0.1) is 56.8 Å². The van der Waals surface area contributed by atoms with E-state index in [1.807, 2.05) is 62.4 Å². The fourth-order valence-corrected chi connectivity index (χ4v) is 17.3. The number of methoxy groups -OCH3 is 1. The Labute approximate surface area is 799 Å². The summed E-state index contributed by atoms with van der Waals surface area (Å²) in [5.74, 6) is -7.63. The fraction of sp³-hybridized carbons (Fsp3) is 0.208. The second kappa shape index (κ2) is 45.0. The lowest BCUT2D eigenvalue weighted by Crippen LogP contribution is -2.44. The number of aromatic nitrogens is 12. The number of imidazole rings is 6. The number of ether oxygens (including phenoxy) is 1. The third-order valence-corrected chi connectivity index (χ3v) is 24.3. The summed E-state index contributed by atoms with van der Waals surface area (Å²) >= 11 is 5.87. The van der Waals surface area contributed by atoms with Crippen molar-refractivity contribution in [2.45, 2.75) is 105 Å². The maximum absolute atomic E-state index is 13.7. The van der Waals surface area contributed by atoms with Crippen LogP contribution in [0.3, 0.4) is 0 Å². The number of aryl methyl sites for hydroxylation is 16. The van der Waals surface area contributed by atoms with Crippen molar-refractivity contribution in [3.05, 3.63) is 414 Å². The van der Waals surface area contributed by atoms with Crippen molar-refractivity contribution >= 4 is 87.0 Å². The van der Waals surface area contributed by atoms with Crippen LogP contribution in [-0.2, 0) is 77.0 Å². The smallest absolute Gasteiger partial charge is 0.353 e. The molecular formula is C106H98ClF5N14O13. The molecule has 0 aliphatic carbocycles. The molecule has 0 radical (unpaired) electrons. The van der Waals surface area contributed by atoms with E-state index in [-0.39, 0.29) is 51.5 Å². The summed E-state index contributed by atoms with van der Waals surface area (Å²) in [5.41, 5.74) is 18.6. The Hall–Kier alpha value is -16.2. The number of rotatable bonds is 26. The van der Waals surface area contributed by atoms with Crippen LogP contribution in [0.1, 0.15) is 152 Å². The monoisotopic (exact) mass is 1900 g/mol. The Morgan fingerprint density at radius 1 is 0.324 bits per heavy atom. The van der Waals surface area contributed by atoms with Crippen LogP contribution in [-0.4, -0.2) is 168 Å². The van der Waals surface area contributed by atoms with Crippen LogP contribution in [0.15, 0.2) is 256 Å². The van der Waals surface area contributed by atoms with Crippen molar-refractivity contribution in [1.29, 1.82) is 0 Å². The lowest BCUT2D eigenvalue weighted by atomic mass is 10.0. The summed E-state index contributed by atoms with van der Waals surface area (Å²) < 4.78 is 82.0. The first-order chi connectivity index (χ1) is 66.9. The number of benzene rings is 6. The highest BCUT2D eigenvalue weighted by atomic mass is 35.5. The summed E-state index contributed by atoms with van der Waals surface area (Å²) in [6.45, 7) is 11.2. The lowest BCUT2D eigenvalue weighted by Gasteiger charge is -2.35. The molecule has 1 fully saturated rings. The number of anilines is 1. The normalized spacial score (nSPS) is 11.8. The molecule has 6 aromatic carbocycles. The minimum Gasteiger partial charge on any atom is -0.496 e. The molecule has 27 nitrogen and oxygen atoms in total. The molecule has 139 heavy (non-hydrogen) atoms. The average molecular weight is 1910 g/mol. The molecule has 0 saturated carbocycles. The van der Waals surface area contributed by atoms with Gasteiger partial charge in [-0.3, -0.25) is 26.4 Å². The van der Waals surface area contributed by atoms with Gasteiger partial charge in [-0.25, -0.2) is 80.6 Å². The molecule has 13 heterocycles. The average Bonchev–Trinajstić information content (AvgIpc) is 1.73. The first-order valence-corrected chi connectivity index (χ1v) is 44.9. The number of hydrogen-bond acceptors (Lipinski definition) is 15. The molecule has 6 N–H and O–H groups in total. The molecule has 1 saturated heterocycles. The number of hydrogen-bond donors (Lipinski definition) is 6. The molecule has 0 spiro atoms. The highest BCUT2D eigenvalue weighted by molar-refractivity contribution is 6.30. The molecule has 19 rings (SSSR count). The predicted octanol–water partition coefficient (Wildman–Crippen LogP) is 19.2. The number of carboxylic acid groups (broad SMARTS) is 6. The van der Waals surface area contributed by atoms with Gasteiger partial charge >= 0.3 is 35.8 Å². The van der Waals surface area contributed by atoms with Crippen molar-refractivity contribution in [2.24, 2.45) is 0 Å². The number of likely N-dealkylation sites (N-methyl/N-ethyl adjacent to an activating group) is 1. The van der Waals surface area contributed by atoms with E-state index in [0.29, 0.717) is 142 Å². The van der Waals surface area contributed by atoms with E-state index < -0.39 is 47.5 Å². The topological polar surface area (TPSA) is 343 Å². The SMILES string of the molecule is CN1CCN(c2ccccc2CCc2ccc3nccn3c2C(=O)O)CC1.COc1cc(CCc2ccc3nccn3c2C(=O)O)ccc1C.Cc1cc(CCc2ccc3nccn3c2C(=O)O)cc(F)c1F.Cc1cc(CCc2ccc3nccn3c2C(=O)O)ccc1F.Cc1cc(F)cc(CCc2ccc3nccn3c2C(=O)O)c1.O=C(O)c1c(CCc2cc(Cl)ccc2F)ccc2nccn12. The molecule has 33 heteroatoms. The molecule has 1 aliphatic rings. The van der Waals surface area contributed by atoms with Gasteiger partial charge in [0.1, 0.15) is 91.2 Å². The largest absolute Gasteiger partial charge is 0.496 e. The molecule has 12 aromatic heterocycles. The van der Waals surface area contributed by atoms with Crippen molar-refractivity contribution in [3.63, 3.8) is 0 Å². The third kappa shape index (κ3) is 24.0. The standard InChI is InChI=1S/C21H24N4O2.C18H18N2O3.C17H14F2N2O2.2C17H15FN2O2.C16H12ClFN2O2/c1-23-12-14-24(15-13-23)18-5-3-2-4-16(18)6-7-17-8-9-19-22-10-11-25(19)20(17)21(26)27;1-12-3-4-13(11-15(12)23-2)5-6-14-7-8-16-19-9-10-20(16)17(14)18(21)22;1-10-8-11(9-13(18)15(10)19)2-3-12-4-5-14-20-6-7-21(14)16(12)17(22)23;1-11-10-12(3-6-14(11)18)2-4-13-5-7-15-19-8-9-20(15)16(13)17(21)22;1-11-8-12(10-14(18)9-11)2-3-13-4-5-15-19-6-7-20(15)16(13)17(21)22;17-12-4-5-13(18)11(9-12)2-1-10-3-6-14-19-7-8-20(14)15(10)16(21)22/h2-5,8-11H,6-7,12-15H2,1H3,(H,26,27);3-4,7-11H,5-6H2,1-2H3,(H,21,22);4-9H,2-3H2,1H3,(H,22,23);3,5-10H,2,4H2,1H3,(H,21,22);4-10H,2-3H2,1H3,(H,21,22);3-9H,1-2H2,(H,21,22). The van der Waals surface area contributed by atoms with Gasteiger partial charge in [-0.15, -0.1) is 0 Å². The predicted molar refractivity (Wildman–Crippen MR) is 516 cm³/mol. The zero-order valence-electron chi connectivity index (χ0n) is 76.6.